The van der Waals surface area contributed by atoms with Crippen molar-refractivity contribution < 1.29 is 5.11 Å². The molecule has 1 saturated carbocycles. The fourth-order valence-corrected chi connectivity index (χ4v) is 3.40. The number of hydrogen-bond acceptors (Lipinski definition) is 3. The van der Waals surface area contributed by atoms with Crippen molar-refractivity contribution in [2.75, 3.05) is 20.1 Å². The first-order valence-electron chi connectivity index (χ1n) is 6.15. The van der Waals surface area contributed by atoms with Crippen LogP contribution in [0.25, 0.3) is 0 Å². The van der Waals surface area contributed by atoms with Gasteiger partial charge in [0.05, 0.1) is 5.60 Å². The number of likely N-dealkylation sites (tertiary alicyclic amines) is 1. The van der Waals surface area contributed by atoms with Crippen LogP contribution in [0.2, 0.25) is 0 Å². The zero-order chi connectivity index (χ0) is 11.1. The van der Waals surface area contributed by atoms with Crippen LogP contribution in [-0.2, 0) is 0 Å². The second-order valence-electron chi connectivity index (χ2n) is 5.88. The van der Waals surface area contributed by atoms with E-state index in [9.17, 15) is 5.11 Å². The summed E-state index contributed by atoms with van der Waals surface area (Å²) in [5.41, 5.74) is 5.49. The summed E-state index contributed by atoms with van der Waals surface area (Å²) in [4.78, 5) is 2.19. The number of rotatable bonds is 1. The molecule has 3 atom stereocenters. The molecule has 88 valence electrons. The molecule has 2 aliphatic rings. The molecule has 1 saturated heterocycles. The predicted octanol–water partition coefficient (Wildman–Crippen LogP) is 0.961. The van der Waals surface area contributed by atoms with Gasteiger partial charge in [0.15, 0.2) is 0 Å². The largest absolute Gasteiger partial charge is 0.387 e. The topological polar surface area (TPSA) is 49.5 Å². The quantitative estimate of drug-likeness (QED) is 0.680. The Bertz CT molecular complexity index is 246. The molecule has 2 rings (SSSR count). The van der Waals surface area contributed by atoms with Gasteiger partial charge in [-0.2, -0.15) is 0 Å². The highest BCUT2D eigenvalue weighted by atomic mass is 16.3. The summed E-state index contributed by atoms with van der Waals surface area (Å²) >= 11 is 0. The van der Waals surface area contributed by atoms with E-state index in [1.54, 1.807) is 0 Å². The highest BCUT2D eigenvalue weighted by Crippen LogP contribution is 2.41. The highest BCUT2D eigenvalue weighted by Gasteiger charge is 2.51. The van der Waals surface area contributed by atoms with Gasteiger partial charge in [0.1, 0.15) is 0 Å². The minimum Gasteiger partial charge on any atom is -0.387 e. The van der Waals surface area contributed by atoms with E-state index in [4.69, 9.17) is 5.73 Å². The van der Waals surface area contributed by atoms with Crippen molar-refractivity contribution in [3.63, 3.8) is 0 Å². The lowest BCUT2D eigenvalue weighted by atomic mass is 9.67. The molecule has 15 heavy (non-hydrogen) atoms. The van der Waals surface area contributed by atoms with E-state index < -0.39 is 5.60 Å². The number of likely N-dealkylation sites (N-methyl/N-ethyl adjacent to an activating group) is 1. The van der Waals surface area contributed by atoms with E-state index >= 15 is 0 Å². The van der Waals surface area contributed by atoms with Crippen LogP contribution >= 0.6 is 0 Å². The number of β-amino-alcohol motifs (C(OH)–C–C–N with tert-alkyl or cyclic N) is 1. The summed E-state index contributed by atoms with van der Waals surface area (Å²) < 4.78 is 0. The van der Waals surface area contributed by atoms with E-state index in [-0.39, 0.29) is 5.54 Å². The van der Waals surface area contributed by atoms with Crippen LogP contribution in [0, 0.1) is 5.92 Å². The summed E-state index contributed by atoms with van der Waals surface area (Å²) in [6.07, 6.45) is 5.25. The SMILES string of the molecule is CC1CCCC(N)(C2(O)CCN(C)C2)C1. The lowest BCUT2D eigenvalue weighted by Gasteiger charge is -2.47. The van der Waals surface area contributed by atoms with Gasteiger partial charge in [-0.25, -0.2) is 0 Å². The molecule has 1 aliphatic heterocycles. The molecule has 0 bridgehead atoms. The highest BCUT2D eigenvalue weighted by molar-refractivity contribution is 5.09. The molecule has 0 aromatic carbocycles. The summed E-state index contributed by atoms with van der Waals surface area (Å²) in [6.45, 7) is 3.98. The minimum atomic E-state index is -0.642. The van der Waals surface area contributed by atoms with Crippen molar-refractivity contribution in [3.8, 4) is 0 Å². The molecule has 3 unspecified atom stereocenters. The van der Waals surface area contributed by atoms with Crippen LogP contribution < -0.4 is 5.73 Å². The molecule has 2 fully saturated rings. The zero-order valence-electron chi connectivity index (χ0n) is 10.00. The smallest absolute Gasteiger partial charge is 0.0964 e. The number of hydrogen-bond donors (Lipinski definition) is 2. The minimum absolute atomic E-state index is 0.338. The molecule has 0 radical (unpaired) electrons. The monoisotopic (exact) mass is 212 g/mol. The van der Waals surface area contributed by atoms with Gasteiger partial charge < -0.3 is 15.7 Å². The Morgan fingerprint density at radius 2 is 2.13 bits per heavy atom. The van der Waals surface area contributed by atoms with Crippen LogP contribution in [0.4, 0.5) is 0 Å². The Balaban J connectivity index is 2.13. The Morgan fingerprint density at radius 1 is 1.40 bits per heavy atom. The molecule has 0 aromatic rings. The van der Waals surface area contributed by atoms with Crippen molar-refractivity contribution >= 4 is 0 Å². The van der Waals surface area contributed by atoms with Crippen LogP contribution in [-0.4, -0.2) is 41.3 Å². The third kappa shape index (κ3) is 1.93. The summed E-state index contributed by atoms with van der Waals surface area (Å²) in [5.74, 6) is 0.665. The number of nitrogens with two attached hydrogens (primary N) is 1. The molecule has 3 heteroatoms. The van der Waals surface area contributed by atoms with Crippen molar-refractivity contribution in [3.05, 3.63) is 0 Å². The zero-order valence-corrected chi connectivity index (χ0v) is 10.00. The maximum atomic E-state index is 10.7. The van der Waals surface area contributed by atoms with Gasteiger partial charge in [0.25, 0.3) is 0 Å². The molecule has 1 aliphatic carbocycles. The van der Waals surface area contributed by atoms with Gasteiger partial charge >= 0.3 is 0 Å². The van der Waals surface area contributed by atoms with Crippen molar-refractivity contribution in [1.82, 2.24) is 4.90 Å². The Hall–Kier alpha value is -0.120. The van der Waals surface area contributed by atoms with Crippen molar-refractivity contribution in [2.24, 2.45) is 11.7 Å². The Kier molecular flexibility index (Phi) is 2.82. The van der Waals surface area contributed by atoms with Crippen molar-refractivity contribution in [1.29, 1.82) is 0 Å². The summed E-state index contributed by atoms with van der Waals surface area (Å²) in [6, 6.07) is 0. The van der Waals surface area contributed by atoms with Gasteiger partial charge in [-0.15, -0.1) is 0 Å². The first-order chi connectivity index (χ1) is 6.95. The molecular formula is C12H24N2O. The molecule has 1 heterocycles. The van der Waals surface area contributed by atoms with Gasteiger partial charge in [-0.05, 0) is 32.2 Å². The second-order valence-corrected chi connectivity index (χ2v) is 5.88. The van der Waals surface area contributed by atoms with Crippen LogP contribution in [0.15, 0.2) is 0 Å². The molecule has 3 nitrogen and oxygen atoms in total. The molecule has 0 aromatic heterocycles. The van der Waals surface area contributed by atoms with Gasteiger partial charge in [-0.3, -0.25) is 0 Å². The van der Waals surface area contributed by atoms with E-state index in [0.29, 0.717) is 5.92 Å². The fourth-order valence-electron chi connectivity index (χ4n) is 3.40. The maximum Gasteiger partial charge on any atom is 0.0964 e. The van der Waals surface area contributed by atoms with E-state index in [2.05, 4.69) is 18.9 Å². The maximum absolute atomic E-state index is 10.7. The summed E-state index contributed by atoms with van der Waals surface area (Å²) in [5, 5.41) is 10.7. The average Bonchev–Trinajstić information content (AvgIpc) is 2.47. The van der Waals surface area contributed by atoms with E-state index in [1.165, 1.54) is 12.8 Å². The predicted molar refractivity (Wildman–Crippen MR) is 61.6 cm³/mol. The fraction of sp³-hybridized carbons (Fsp3) is 1.00. The van der Waals surface area contributed by atoms with Crippen LogP contribution in [0.1, 0.15) is 39.0 Å². The van der Waals surface area contributed by atoms with Crippen molar-refractivity contribution in [2.45, 2.75) is 50.2 Å². The molecule has 3 N–H and O–H groups in total. The molecule has 0 amide bonds. The lowest BCUT2D eigenvalue weighted by Crippen LogP contribution is -2.63. The Morgan fingerprint density at radius 3 is 2.67 bits per heavy atom. The number of aliphatic hydroxyl groups is 1. The standard InChI is InChI=1S/C12H24N2O/c1-10-4-3-5-11(13,8-10)12(15)6-7-14(2)9-12/h10,15H,3-9,13H2,1-2H3. The van der Waals surface area contributed by atoms with E-state index in [0.717, 1.165) is 32.4 Å². The third-order valence-corrected chi connectivity index (χ3v) is 4.40. The normalized spacial score (nSPS) is 48.4. The summed E-state index contributed by atoms with van der Waals surface area (Å²) in [7, 11) is 2.06. The molecular weight excluding hydrogens is 188 g/mol. The Labute approximate surface area is 92.6 Å². The van der Waals surface area contributed by atoms with Gasteiger partial charge in [0, 0.05) is 18.6 Å². The lowest BCUT2D eigenvalue weighted by molar-refractivity contribution is -0.0488. The van der Waals surface area contributed by atoms with Crippen LogP contribution in [0.3, 0.4) is 0 Å². The third-order valence-electron chi connectivity index (χ3n) is 4.40. The first-order valence-corrected chi connectivity index (χ1v) is 6.15. The van der Waals surface area contributed by atoms with E-state index in [1.807, 2.05) is 0 Å². The van der Waals surface area contributed by atoms with Crippen LogP contribution in [0.5, 0.6) is 0 Å². The number of nitrogens with zero attached hydrogens (tertiary/aromatic N) is 1. The van der Waals surface area contributed by atoms with Gasteiger partial charge in [-0.1, -0.05) is 19.8 Å². The average molecular weight is 212 g/mol. The second kappa shape index (κ2) is 3.72. The van der Waals surface area contributed by atoms with Gasteiger partial charge in [0.2, 0.25) is 0 Å². The molecule has 0 spiro atoms. The first kappa shape index (κ1) is 11.4.